The highest BCUT2D eigenvalue weighted by molar-refractivity contribution is 5.14. The lowest BCUT2D eigenvalue weighted by molar-refractivity contribution is 0.154. The van der Waals surface area contributed by atoms with Gasteiger partial charge in [-0.3, -0.25) is 9.88 Å². The maximum Gasteiger partial charge on any atom is 0.0544 e. The summed E-state index contributed by atoms with van der Waals surface area (Å²) >= 11 is 0. The Morgan fingerprint density at radius 1 is 1.26 bits per heavy atom. The fourth-order valence-corrected chi connectivity index (χ4v) is 3.01. The lowest BCUT2D eigenvalue weighted by Crippen LogP contribution is -2.36. The third kappa shape index (κ3) is 4.29. The Labute approximate surface area is 117 Å². The lowest BCUT2D eigenvalue weighted by atomic mass is 9.94. The van der Waals surface area contributed by atoms with Crippen LogP contribution in [0.5, 0.6) is 0 Å². The molecule has 3 heteroatoms. The van der Waals surface area contributed by atoms with Crippen molar-refractivity contribution in [1.82, 2.24) is 15.2 Å². The first-order valence-electron chi connectivity index (χ1n) is 7.66. The first-order valence-corrected chi connectivity index (χ1v) is 7.66. The molecule has 1 N–H and O–H groups in total. The van der Waals surface area contributed by atoms with Crippen molar-refractivity contribution in [3.63, 3.8) is 0 Å². The maximum atomic E-state index is 4.60. The third-order valence-corrected chi connectivity index (χ3v) is 4.13. The number of hydrogen-bond acceptors (Lipinski definition) is 3. The normalized spacial score (nSPS) is 17.0. The molecule has 1 aromatic rings. The highest BCUT2D eigenvalue weighted by Crippen LogP contribution is 2.23. The Bertz CT molecular complexity index is 355. The number of hydrogen-bond donors (Lipinski definition) is 1. The maximum absolute atomic E-state index is 4.60. The van der Waals surface area contributed by atoms with E-state index in [9.17, 15) is 0 Å². The molecule has 0 aliphatic heterocycles. The number of rotatable bonds is 6. The average Bonchev–Trinajstić information content (AvgIpc) is 2.48. The summed E-state index contributed by atoms with van der Waals surface area (Å²) in [4.78, 5) is 7.19. The predicted molar refractivity (Wildman–Crippen MR) is 80.0 cm³/mol. The van der Waals surface area contributed by atoms with Crippen LogP contribution in [0.15, 0.2) is 18.3 Å². The van der Waals surface area contributed by atoms with Crippen molar-refractivity contribution in [2.45, 2.75) is 58.2 Å². The molecule has 0 saturated heterocycles. The SMILES string of the molecule is CCN(Cc1ccc(CNC)cn1)C1CCCCC1. The van der Waals surface area contributed by atoms with Gasteiger partial charge in [-0.2, -0.15) is 0 Å². The van der Waals surface area contributed by atoms with Crippen molar-refractivity contribution in [3.8, 4) is 0 Å². The highest BCUT2D eigenvalue weighted by atomic mass is 15.2. The van der Waals surface area contributed by atoms with Crippen molar-refractivity contribution in [2.75, 3.05) is 13.6 Å². The minimum absolute atomic E-state index is 0.775. The quantitative estimate of drug-likeness (QED) is 0.853. The monoisotopic (exact) mass is 261 g/mol. The van der Waals surface area contributed by atoms with Gasteiger partial charge >= 0.3 is 0 Å². The van der Waals surface area contributed by atoms with Crippen LogP contribution in [0.2, 0.25) is 0 Å². The van der Waals surface area contributed by atoms with E-state index >= 15 is 0 Å². The van der Waals surface area contributed by atoms with E-state index in [1.54, 1.807) is 0 Å². The van der Waals surface area contributed by atoms with E-state index in [0.717, 1.165) is 25.7 Å². The Hall–Kier alpha value is -0.930. The molecule has 2 rings (SSSR count). The minimum atomic E-state index is 0.775. The van der Waals surface area contributed by atoms with Crippen molar-refractivity contribution >= 4 is 0 Å². The molecular formula is C16H27N3. The van der Waals surface area contributed by atoms with Gasteiger partial charge in [0.05, 0.1) is 5.69 Å². The Kier molecular flexibility index (Phi) is 5.80. The fraction of sp³-hybridized carbons (Fsp3) is 0.688. The van der Waals surface area contributed by atoms with Crippen LogP contribution >= 0.6 is 0 Å². The van der Waals surface area contributed by atoms with Crippen LogP contribution in [0.25, 0.3) is 0 Å². The molecule has 1 fully saturated rings. The Morgan fingerprint density at radius 3 is 2.63 bits per heavy atom. The summed E-state index contributed by atoms with van der Waals surface area (Å²) in [7, 11) is 1.97. The molecule has 1 aromatic heterocycles. The molecule has 0 amide bonds. The molecule has 0 bridgehead atoms. The van der Waals surface area contributed by atoms with Gasteiger partial charge in [-0.1, -0.05) is 32.3 Å². The predicted octanol–water partition coefficient (Wildman–Crippen LogP) is 2.96. The van der Waals surface area contributed by atoms with E-state index in [0.29, 0.717) is 0 Å². The Balaban J connectivity index is 1.93. The van der Waals surface area contributed by atoms with Crippen LogP contribution < -0.4 is 5.32 Å². The van der Waals surface area contributed by atoms with Gasteiger partial charge in [0.15, 0.2) is 0 Å². The summed E-state index contributed by atoms with van der Waals surface area (Å²) in [5.41, 5.74) is 2.46. The molecule has 106 valence electrons. The second-order valence-electron chi connectivity index (χ2n) is 5.54. The van der Waals surface area contributed by atoms with Gasteiger partial charge in [0.2, 0.25) is 0 Å². The summed E-state index contributed by atoms with van der Waals surface area (Å²) in [6.07, 6.45) is 8.95. The molecule has 1 aliphatic rings. The highest BCUT2D eigenvalue weighted by Gasteiger charge is 2.20. The molecule has 19 heavy (non-hydrogen) atoms. The van der Waals surface area contributed by atoms with Gasteiger partial charge in [-0.05, 0) is 38.1 Å². The molecule has 1 saturated carbocycles. The summed E-state index contributed by atoms with van der Waals surface area (Å²) in [5.74, 6) is 0. The van der Waals surface area contributed by atoms with Crippen LogP contribution in [-0.2, 0) is 13.1 Å². The average molecular weight is 261 g/mol. The molecule has 3 nitrogen and oxygen atoms in total. The van der Waals surface area contributed by atoms with Gasteiger partial charge in [-0.15, -0.1) is 0 Å². The number of nitrogens with zero attached hydrogens (tertiary/aromatic N) is 2. The van der Waals surface area contributed by atoms with Crippen LogP contribution in [0.4, 0.5) is 0 Å². The van der Waals surface area contributed by atoms with E-state index in [1.165, 1.54) is 43.4 Å². The van der Waals surface area contributed by atoms with Gasteiger partial charge in [0.1, 0.15) is 0 Å². The molecule has 0 unspecified atom stereocenters. The van der Waals surface area contributed by atoms with Crippen molar-refractivity contribution < 1.29 is 0 Å². The minimum Gasteiger partial charge on any atom is -0.316 e. The molecular weight excluding hydrogens is 234 g/mol. The van der Waals surface area contributed by atoms with E-state index in [2.05, 4.69) is 34.3 Å². The fourth-order valence-electron chi connectivity index (χ4n) is 3.01. The molecule has 0 aromatic carbocycles. The standard InChI is InChI=1S/C16H27N3/c1-3-19(16-7-5-4-6-8-16)13-15-10-9-14(11-17-2)12-18-15/h9-10,12,16-17H,3-8,11,13H2,1-2H3. The van der Waals surface area contributed by atoms with Gasteiger partial charge < -0.3 is 5.32 Å². The van der Waals surface area contributed by atoms with E-state index < -0.39 is 0 Å². The first kappa shape index (κ1) is 14.5. The molecule has 0 atom stereocenters. The van der Waals surface area contributed by atoms with Crippen molar-refractivity contribution in [2.24, 2.45) is 0 Å². The zero-order chi connectivity index (χ0) is 13.5. The van der Waals surface area contributed by atoms with Crippen LogP contribution in [-0.4, -0.2) is 29.5 Å². The summed E-state index contributed by atoms with van der Waals surface area (Å²) in [5, 5.41) is 3.16. The second-order valence-corrected chi connectivity index (χ2v) is 5.54. The van der Waals surface area contributed by atoms with E-state index in [-0.39, 0.29) is 0 Å². The smallest absolute Gasteiger partial charge is 0.0544 e. The summed E-state index contributed by atoms with van der Waals surface area (Å²) < 4.78 is 0. The molecule has 0 radical (unpaired) electrons. The number of nitrogens with one attached hydrogen (secondary N) is 1. The van der Waals surface area contributed by atoms with E-state index in [4.69, 9.17) is 0 Å². The Morgan fingerprint density at radius 2 is 2.05 bits per heavy atom. The zero-order valence-electron chi connectivity index (χ0n) is 12.4. The van der Waals surface area contributed by atoms with Crippen LogP contribution in [0, 0.1) is 0 Å². The van der Waals surface area contributed by atoms with E-state index in [1.807, 2.05) is 13.2 Å². The van der Waals surface area contributed by atoms with Gasteiger partial charge in [0.25, 0.3) is 0 Å². The topological polar surface area (TPSA) is 28.2 Å². The van der Waals surface area contributed by atoms with Gasteiger partial charge in [-0.25, -0.2) is 0 Å². The zero-order valence-corrected chi connectivity index (χ0v) is 12.4. The first-order chi connectivity index (χ1) is 9.33. The van der Waals surface area contributed by atoms with Crippen molar-refractivity contribution in [1.29, 1.82) is 0 Å². The van der Waals surface area contributed by atoms with Crippen LogP contribution in [0.1, 0.15) is 50.3 Å². The summed E-state index contributed by atoms with van der Waals surface area (Å²) in [6, 6.07) is 5.14. The second kappa shape index (κ2) is 7.61. The molecule has 1 aliphatic carbocycles. The molecule has 1 heterocycles. The number of aromatic nitrogens is 1. The largest absolute Gasteiger partial charge is 0.316 e. The molecule has 0 spiro atoms. The number of pyridine rings is 1. The third-order valence-electron chi connectivity index (χ3n) is 4.13. The summed E-state index contributed by atoms with van der Waals surface area (Å²) in [6.45, 7) is 5.29. The van der Waals surface area contributed by atoms with Crippen molar-refractivity contribution in [3.05, 3.63) is 29.6 Å². The van der Waals surface area contributed by atoms with Crippen LogP contribution in [0.3, 0.4) is 0 Å². The lowest BCUT2D eigenvalue weighted by Gasteiger charge is -2.33. The van der Waals surface area contributed by atoms with Gasteiger partial charge in [0, 0.05) is 25.3 Å².